The van der Waals surface area contributed by atoms with Crippen molar-refractivity contribution in [1.82, 2.24) is 9.97 Å². The van der Waals surface area contributed by atoms with Crippen LogP contribution in [0.4, 0.5) is 17.1 Å². The van der Waals surface area contributed by atoms with Gasteiger partial charge in [-0.2, -0.15) is 10.2 Å². The third kappa shape index (κ3) is 6.01. The quantitative estimate of drug-likeness (QED) is 0.204. The maximum Gasteiger partial charge on any atom is 0.323 e. The number of ketones is 1. The molecule has 2 unspecified atom stereocenters. The molecule has 11 heteroatoms. The molecule has 3 aromatic rings. The van der Waals surface area contributed by atoms with E-state index in [1.165, 1.54) is 6.92 Å². The average Bonchev–Trinajstić information content (AvgIpc) is 3.14. The van der Waals surface area contributed by atoms with Crippen LogP contribution in [-0.2, 0) is 14.4 Å². The number of fused-ring (bicyclic) bond motifs is 1. The average molecular weight is 515 g/mol. The number of imidazole rings is 1. The zero-order valence-electron chi connectivity index (χ0n) is 18.2. The van der Waals surface area contributed by atoms with Gasteiger partial charge >= 0.3 is 5.69 Å². The number of aromatic nitrogens is 2. The van der Waals surface area contributed by atoms with Crippen LogP contribution in [0.5, 0.6) is 0 Å². The predicted octanol–water partition coefficient (Wildman–Crippen LogP) is 4.04. The van der Waals surface area contributed by atoms with E-state index in [0.29, 0.717) is 34.5 Å². The van der Waals surface area contributed by atoms with Crippen molar-refractivity contribution >= 4 is 61.6 Å². The zero-order chi connectivity index (χ0) is 24.2. The number of aromatic amines is 2. The van der Waals surface area contributed by atoms with Gasteiger partial charge in [0.25, 0.3) is 5.91 Å². The highest BCUT2D eigenvalue weighted by Crippen LogP contribution is 2.25. The molecule has 1 heterocycles. The molecule has 0 saturated heterocycles. The van der Waals surface area contributed by atoms with Gasteiger partial charge in [-0.15, -0.1) is 0 Å². The van der Waals surface area contributed by atoms with Crippen LogP contribution in [0.3, 0.4) is 0 Å². The smallest absolute Gasteiger partial charge is 0.323 e. The molecule has 3 rings (SSSR count). The number of benzene rings is 2. The first-order chi connectivity index (χ1) is 15.6. The second-order valence-electron chi connectivity index (χ2n) is 7.61. The largest absolute Gasteiger partial charge is 0.325 e. The third-order valence-corrected chi connectivity index (χ3v) is 5.89. The number of nitrogens with zero attached hydrogens (tertiary/aromatic N) is 2. The van der Waals surface area contributed by atoms with Crippen molar-refractivity contribution in [2.45, 2.75) is 37.6 Å². The number of Topliss-reactive ketones (excluding diaryl/α,β-unsaturated/α-hetero) is 1. The van der Waals surface area contributed by atoms with Gasteiger partial charge < -0.3 is 20.6 Å². The van der Waals surface area contributed by atoms with Gasteiger partial charge in [0.1, 0.15) is 4.32 Å². The molecular formula is C22H23BrN6O4. The number of hydrogen-bond donors (Lipinski definition) is 4. The second-order valence-corrected chi connectivity index (χ2v) is 9.36. The monoisotopic (exact) mass is 514 g/mol. The van der Waals surface area contributed by atoms with Crippen molar-refractivity contribution in [3.8, 4) is 0 Å². The SMILES string of the molecule is CCC(C)(Br)C(=O)Nc1ccc(N=NC(C(C)=O)C(=O)Nc2ccc3[nH]c(=O)[nH]c3c2)cc1. The van der Waals surface area contributed by atoms with Crippen molar-refractivity contribution < 1.29 is 14.4 Å². The zero-order valence-corrected chi connectivity index (χ0v) is 19.8. The molecule has 2 amide bonds. The molecular weight excluding hydrogens is 492 g/mol. The summed E-state index contributed by atoms with van der Waals surface area (Å²) in [6.07, 6.45) is 0.622. The molecule has 0 radical (unpaired) electrons. The molecule has 10 nitrogen and oxygen atoms in total. The topological polar surface area (TPSA) is 149 Å². The summed E-state index contributed by atoms with van der Waals surface area (Å²) in [5, 5.41) is 13.3. The minimum absolute atomic E-state index is 0.172. The molecule has 0 saturated carbocycles. The number of H-pyrrole nitrogens is 2. The fourth-order valence-corrected chi connectivity index (χ4v) is 2.90. The molecule has 2 atom stereocenters. The summed E-state index contributed by atoms with van der Waals surface area (Å²) in [5.74, 6) is -1.30. The highest BCUT2D eigenvalue weighted by molar-refractivity contribution is 9.10. The van der Waals surface area contributed by atoms with Gasteiger partial charge in [-0.3, -0.25) is 14.4 Å². The van der Waals surface area contributed by atoms with Crippen LogP contribution in [0.25, 0.3) is 11.0 Å². The number of nitrogens with one attached hydrogen (secondary N) is 4. The van der Waals surface area contributed by atoms with Crippen molar-refractivity contribution in [1.29, 1.82) is 0 Å². The Labute approximate surface area is 197 Å². The van der Waals surface area contributed by atoms with Crippen LogP contribution < -0.4 is 16.3 Å². The van der Waals surface area contributed by atoms with Crippen molar-refractivity contribution in [3.63, 3.8) is 0 Å². The maximum atomic E-state index is 12.6. The van der Waals surface area contributed by atoms with E-state index < -0.39 is 22.1 Å². The Balaban J connectivity index is 1.68. The van der Waals surface area contributed by atoms with E-state index in [4.69, 9.17) is 0 Å². The van der Waals surface area contributed by atoms with Crippen LogP contribution in [0.1, 0.15) is 27.2 Å². The summed E-state index contributed by atoms with van der Waals surface area (Å²) in [4.78, 5) is 53.4. The highest BCUT2D eigenvalue weighted by atomic mass is 79.9. The summed E-state index contributed by atoms with van der Waals surface area (Å²) in [7, 11) is 0. The van der Waals surface area contributed by atoms with E-state index in [1.54, 1.807) is 49.4 Å². The summed E-state index contributed by atoms with van der Waals surface area (Å²) in [5.41, 5.74) is 2.14. The van der Waals surface area contributed by atoms with Gasteiger partial charge in [0.15, 0.2) is 5.78 Å². The van der Waals surface area contributed by atoms with Crippen LogP contribution in [-0.4, -0.2) is 37.9 Å². The van der Waals surface area contributed by atoms with Gasteiger partial charge in [-0.1, -0.05) is 22.9 Å². The lowest BCUT2D eigenvalue weighted by Gasteiger charge is -2.19. The molecule has 4 N–H and O–H groups in total. The summed E-state index contributed by atoms with van der Waals surface area (Å²) in [6.45, 7) is 4.94. The van der Waals surface area contributed by atoms with E-state index in [0.717, 1.165) is 0 Å². The van der Waals surface area contributed by atoms with Gasteiger partial charge in [-0.25, -0.2) is 4.79 Å². The first-order valence-corrected chi connectivity index (χ1v) is 10.9. The summed E-state index contributed by atoms with van der Waals surface area (Å²) >= 11 is 3.39. The van der Waals surface area contributed by atoms with E-state index in [9.17, 15) is 19.2 Å². The standard InChI is InChI=1S/C22H23BrN6O4/c1-4-22(3,23)20(32)25-13-5-7-14(8-6-13)28-29-18(12(2)30)19(31)24-15-9-10-16-17(11-15)27-21(33)26-16/h5-11,18H,4H2,1-3H3,(H,24,31)(H,25,32)(H2,26,27,33). The summed E-state index contributed by atoms with van der Waals surface area (Å²) in [6, 6.07) is 9.99. The van der Waals surface area contributed by atoms with E-state index in [-0.39, 0.29) is 11.6 Å². The Morgan fingerprint density at radius 3 is 2.30 bits per heavy atom. The van der Waals surface area contributed by atoms with E-state index in [1.807, 2.05) is 6.92 Å². The van der Waals surface area contributed by atoms with Gasteiger partial charge in [0.2, 0.25) is 11.9 Å². The molecule has 0 fully saturated rings. The first-order valence-electron chi connectivity index (χ1n) is 10.1. The molecule has 0 aliphatic carbocycles. The fraction of sp³-hybridized carbons (Fsp3) is 0.273. The number of amides is 2. The van der Waals surface area contributed by atoms with Crippen LogP contribution in [0.2, 0.25) is 0 Å². The molecule has 0 aliphatic rings. The molecule has 0 bridgehead atoms. The normalized spacial score (nSPS) is 14.1. The Morgan fingerprint density at radius 1 is 1.03 bits per heavy atom. The maximum absolute atomic E-state index is 12.6. The Bertz CT molecular complexity index is 1280. The first kappa shape index (κ1) is 24.1. The van der Waals surface area contributed by atoms with Crippen LogP contribution >= 0.6 is 15.9 Å². The predicted molar refractivity (Wildman–Crippen MR) is 129 cm³/mol. The van der Waals surface area contributed by atoms with Crippen molar-refractivity contribution in [3.05, 3.63) is 52.9 Å². The number of halogens is 1. The van der Waals surface area contributed by atoms with Crippen molar-refractivity contribution in [2.24, 2.45) is 10.2 Å². The van der Waals surface area contributed by atoms with Crippen LogP contribution in [0.15, 0.2) is 57.5 Å². The van der Waals surface area contributed by atoms with E-state index >= 15 is 0 Å². The van der Waals surface area contributed by atoms with Crippen molar-refractivity contribution in [2.75, 3.05) is 10.6 Å². The number of hydrogen-bond acceptors (Lipinski definition) is 6. The molecule has 0 aliphatic heterocycles. The third-order valence-electron chi connectivity index (χ3n) is 4.97. The van der Waals surface area contributed by atoms with E-state index in [2.05, 4.69) is 46.8 Å². The minimum atomic E-state index is -1.34. The summed E-state index contributed by atoms with van der Waals surface area (Å²) < 4.78 is -0.672. The number of rotatable bonds is 8. The molecule has 2 aromatic carbocycles. The van der Waals surface area contributed by atoms with Gasteiger partial charge in [0.05, 0.1) is 16.7 Å². The Hall–Kier alpha value is -3.60. The molecule has 1 aromatic heterocycles. The van der Waals surface area contributed by atoms with Gasteiger partial charge in [-0.05, 0) is 62.7 Å². The number of anilines is 2. The lowest BCUT2D eigenvalue weighted by molar-refractivity contribution is -0.126. The number of alkyl halides is 1. The minimum Gasteiger partial charge on any atom is -0.325 e. The number of carbonyl (C=O) groups is 3. The number of azo groups is 1. The van der Waals surface area contributed by atoms with Crippen LogP contribution in [0, 0.1) is 0 Å². The highest BCUT2D eigenvalue weighted by Gasteiger charge is 2.27. The lowest BCUT2D eigenvalue weighted by Crippen LogP contribution is -2.33. The molecule has 33 heavy (non-hydrogen) atoms. The molecule has 0 spiro atoms. The fourth-order valence-electron chi connectivity index (χ4n) is 2.80. The Kier molecular flexibility index (Phi) is 7.22. The molecule has 172 valence electrons. The lowest BCUT2D eigenvalue weighted by atomic mass is 10.1. The Morgan fingerprint density at radius 2 is 1.67 bits per heavy atom. The number of carbonyl (C=O) groups excluding carboxylic acids is 3. The van der Waals surface area contributed by atoms with Gasteiger partial charge in [0, 0.05) is 11.4 Å². The second kappa shape index (κ2) is 9.90.